The predicted octanol–water partition coefficient (Wildman–Crippen LogP) is -8.91. The minimum absolute atomic E-state index is 0.840. The molecule has 6 rings (SSSR count). The van der Waals surface area contributed by atoms with Crippen LogP contribution in [0, 0.1) is 0 Å². The molecule has 41 nitrogen and oxygen atoms in total. The zero-order chi connectivity index (χ0) is 64.1. The van der Waals surface area contributed by atoms with Crippen molar-refractivity contribution in [3.8, 4) is 0 Å². The van der Waals surface area contributed by atoms with Gasteiger partial charge in [0.2, 0.25) is 5.91 Å². The summed E-state index contributed by atoms with van der Waals surface area (Å²) in [4.78, 5) is 36.4. The summed E-state index contributed by atoms with van der Waals surface area (Å²) in [5.41, 5.74) is 13.2. The number of hydrogen-bond acceptors (Lipinski definition) is 32. The number of aliphatic hydroxyl groups is 6. The molecule has 4 heterocycles. The van der Waals surface area contributed by atoms with Crippen LogP contribution in [0.3, 0.4) is 0 Å². The average Bonchev–Trinajstić information content (AvgIpc) is 1.16. The number of aliphatic carboxylic acids is 2. The molecular weight excluding hydrogens is 1280 g/mol. The normalized spacial score (nSPS) is 34.3. The first kappa shape index (κ1) is 71.4. The monoisotopic (exact) mass is 1330 g/mol. The van der Waals surface area contributed by atoms with Crippen molar-refractivity contribution in [2.45, 2.75) is 135 Å². The Hall–Kier alpha value is -4.40. The van der Waals surface area contributed by atoms with E-state index < -0.39 is 211 Å². The van der Waals surface area contributed by atoms with Gasteiger partial charge in [0.15, 0.2) is 49.6 Å². The summed E-state index contributed by atoms with van der Waals surface area (Å²) >= 11 is 0. The maximum absolute atomic E-state index is 12.7. The first-order valence-electron chi connectivity index (χ1n) is 23.4. The van der Waals surface area contributed by atoms with Crippen molar-refractivity contribution >= 4 is 69.7 Å². The van der Waals surface area contributed by atoms with Gasteiger partial charge in [-0.25, -0.2) is 26.3 Å². The zero-order valence-corrected chi connectivity index (χ0v) is 46.6. The molecule has 2 aromatic carbocycles. The fraction of sp³-hybridized carbons (Fsp3) is 0.615. The lowest BCUT2D eigenvalue weighted by molar-refractivity contribution is -0.366. The maximum atomic E-state index is 12.7. The van der Waals surface area contributed by atoms with Crippen LogP contribution in [-0.4, -0.2) is 259 Å². The quantitative estimate of drug-likeness (QED) is 0.0363. The molecule has 1 amide bonds. The molecule has 4 aliphatic rings. The van der Waals surface area contributed by atoms with Crippen molar-refractivity contribution in [2.75, 3.05) is 13.2 Å². The van der Waals surface area contributed by atoms with E-state index in [1.54, 1.807) is 0 Å². The summed E-state index contributed by atoms with van der Waals surface area (Å²) < 4.78 is 222. The largest absolute Gasteiger partial charge is 0.479 e. The second-order valence-electron chi connectivity index (χ2n) is 18.2. The molecule has 0 unspecified atom stereocenters. The Kier molecular flexibility index (Phi) is 23.8. The van der Waals surface area contributed by atoms with E-state index in [4.69, 9.17) is 49.2 Å². The van der Waals surface area contributed by atoms with Crippen LogP contribution in [0.5, 0.6) is 0 Å². The lowest BCUT2D eigenvalue weighted by Gasteiger charge is -2.50. The molecule has 4 aliphatic heterocycles. The third kappa shape index (κ3) is 19.8. The van der Waals surface area contributed by atoms with Crippen LogP contribution in [0.4, 0.5) is 0 Å². The topological polar surface area (TPSA) is 663 Å². The van der Waals surface area contributed by atoms with Crippen LogP contribution in [0.25, 0.3) is 0 Å². The SMILES string of the molecule is CC(=O)N[C@@H]1[C@@H](O)[C@H](O[C@@H]2O[C@H](C(=O)O)[C@@H](O[C@@H]3O[C@H](CO)[C@@H](O[C@H]4O[C@@H](C(=O)O)[C@H](O)[C@@H](O)[C@@H]4OS(=O)(=O)O)[C@H](OS(=O)(=O)O)[C@H]3NS(=O)(=O)O)[C@H](O)[C@H]2OS(=O)(=O)O)[C@H](COS(=O)(=O)O)O[C@H]1O.NC(N)(c1ccccc1)c1ccccc1. The number of hydrogen-bond donors (Lipinski definition) is 17. The Morgan fingerprint density at radius 2 is 0.976 bits per heavy atom. The first-order valence-corrected chi connectivity index (χ1v) is 30.3. The molecule has 0 aromatic heterocycles. The second-order valence-corrected chi connectivity index (χ2v) is 23.6. The third-order valence-corrected chi connectivity index (χ3v) is 14.6. The number of carbonyl (C=O) groups is 3. The van der Waals surface area contributed by atoms with E-state index in [1.165, 1.54) is 4.72 Å². The molecule has 0 saturated carbocycles. The maximum Gasteiger partial charge on any atom is 0.397 e. The van der Waals surface area contributed by atoms with E-state index in [0.29, 0.717) is 0 Å². The van der Waals surface area contributed by atoms with Crippen LogP contribution < -0.4 is 21.5 Å². The highest BCUT2D eigenvalue weighted by atomic mass is 32.3. The molecule has 4 saturated heterocycles. The Morgan fingerprint density at radius 1 is 0.529 bits per heavy atom. The highest BCUT2D eigenvalue weighted by molar-refractivity contribution is 7.83. The van der Waals surface area contributed by atoms with Gasteiger partial charge in [-0.05, 0) is 11.1 Å². The lowest BCUT2D eigenvalue weighted by atomic mass is 9.93. The van der Waals surface area contributed by atoms with Crippen molar-refractivity contribution < 1.29 is 170 Å². The number of aliphatic hydroxyl groups excluding tert-OH is 6. The third-order valence-electron chi connectivity index (χ3n) is 12.2. The Morgan fingerprint density at radius 3 is 1.41 bits per heavy atom. The van der Waals surface area contributed by atoms with Gasteiger partial charge < -0.3 is 90.8 Å². The molecular formula is C39H56N4O37S5. The van der Waals surface area contributed by atoms with Crippen molar-refractivity contribution in [2.24, 2.45) is 11.5 Å². The number of benzene rings is 2. The minimum Gasteiger partial charge on any atom is -0.479 e. The lowest BCUT2D eigenvalue weighted by Crippen LogP contribution is -2.71. The highest BCUT2D eigenvalue weighted by Crippen LogP contribution is 2.38. The van der Waals surface area contributed by atoms with E-state index >= 15 is 0 Å². The van der Waals surface area contributed by atoms with Gasteiger partial charge in [0.25, 0.3) is 0 Å². The van der Waals surface area contributed by atoms with E-state index in [-0.39, 0.29) is 0 Å². The van der Waals surface area contributed by atoms with Crippen molar-refractivity contribution in [3.05, 3.63) is 71.8 Å². The molecule has 0 spiro atoms. The number of ether oxygens (including phenoxy) is 7. The van der Waals surface area contributed by atoms with Gasteiger partial charge in [-0.1, -0.05) is 60.7 Å². The number of carboxylic acids is 2. The van der Waals surface area contributed by atoms with Crippen molar-refractivity contribution in [3.63, 3.8) is 0 Å². The summed E-state index contributed by atoms with van der Waals surface area (Å²) in [5, 5.41) is 86.0. The van der Waals surface area contributed by atoms with E-state index in [1.807, 2.05) is 66.0 Å². The number of carboxylic acid groups (broad SMARTS) is 2. The zero-order valence-electron chi connectivity index (χ0n) is 42.5. The van der Waals surface area contributed by atoms with Gasteiger partial charge in [-0.15, -0.1) is 0 Å². The van der Waals surface area contributed by atoms with Crippen molar-refractivity contribution in [1.82, 2.24) is 10.0 Å². The standard InChI is InChI=1S/C26H42N2O37S5.C13H14N2/c1-4(30)27-7-9(31)13(6(56-23(7)39)3-55-67(43,44)45)58-26-19(65-70(52,53)54)12(34)16(20(62-26)22(37)38)60-24-8(28-66(40,41)42)15(63-68(46,47)48)14(5(2-29)57-24)59-25-18(64-69(49,50)51)11(33)10(32)17(61-25)21(35)36;14-13(15,11-7-3-1-4-8-11)12-9-5-2-6-10-12/h5-20,23-26,28-29,31-34,39H,2-3H2,1H3,(H,27,30)(H,35,36)(H,37,38)(H,40,41,42)(H,43,44,45)(H,46,47,48)(H,49,50,51)(H,52,53,54);1-10H,14-15H2/t5-,6+,7-,8-,9-,10-,11-,12+,13-,14-,15-,16+,17-,18+,19-,20+,23-,24+,25+,26-;/m1./s1. The number of rotatable bonds is 23. The van der Waals surface area contributed by atoms with Gasteiger partial charge in [0.05, 0.1) is 13.2 Å². The summed E-state index contributed by atoms with van der Waals surface area (Å²) in [7, 11) is -29.1. The predicted molar refractivity (Wildman–Crippen MR) is 263 cm³/mol. The summed E-state index contributed by atoms with van der Waals surface area (Å²) in [6.45, 7) is -2.24. The van der Waals surface area contributed by atoms with E-state index in [9.17, 15) is 116 Å². The molecule has 2 aromatic rings. The number of nitrogens with one attached hydrogen (secondary N) is 2. The minimum atomic E-state index is -6.09. The number of carbonyl (C=O) groups excluding carboxylic acids is 1. The van der Waals surface area contributed by atoms with Gasteiger partial charge >= 0.3 is 63.8 Å². The van der Waals surface area contributed by atoms with E-state index in [0.717, 1.165) is 18.1 Å². The molecule has 19 N–H and O–H groups in total. The van der Waals surface area contributed by atoms with Gasteiger partial charge in [0, 0.05) is 6.92 Å². The highest BCUT2D eigenvalue weighted by Gasteiger charge is 2.60. The smallest absolute Gasteiger partial charge is 0.397 e. The molecule has 4 fully saturated rings. The van der Waals surface area contributed by atoms with Gasteiger partial charge in [-0.3, -0.25) is 27.6 Å². The van der Waals surface area contributed by atoms with Gasteiger partial charge in [-0.2, -0.15) is 46.8 Å². The number of nitrogens with two attached hydrogens (primary N) is 2. The number of amides is 1. The molecule has 484 valence electrons. The first-order chi connectivity index (χ1) is 39.0. The Bertz CT molecular complexity index is 3150. The van der Waals surface area contributed by atoms with Gasteiger partial charge in [0.1, 0.15) is 78.8 Å². The Labute approximate surface area is 479 Å². The van der Waals surface area contributed by atoms with Crippen LogP contribution in [-0.2, 0) is 122 Å². The summed E-state index contributed by atoms with van der Waals surface area (Å²) in [6.07, 6.45) is -49.1. The van der Waals surface area contributed by atoms with Crippen LogP contribution in [0.2, 0.25) is 0 Å². The summed E-state index contributed by atoms with van der Waals surface area (Å²) in [5.74, 6) is -5.49. The fourth-order valence-corrected chi connectivity index (χ4v) is 11.0. The Balaban J connectivity index is 0.000000756. The molecule has 20 atom stereocenters. The van der Waals surface area contributed by atoms with Crippen LogP contribution in [0.1, 0.15) is 18.1 Å². The molecule has 0 bridgehead atoms. The fourth-order valence-electron chi connectivity index (χ4n) is 8.65. The second kappa shape index (κ2) is 28.4. The molecule has 0 aliphatic carbocycles. The molecule has 0 radical (unpaired) electrons. The summed E-state index contributed by atoms with van der Waals surface area (Å²) in [6, 6.07) is 14.4. The van der Waals surface area contributed by atoms with Crippen molar-refractivity contribution in [1.29, 1.82) is 0 Å². The van der Waals surface area contributed by atoms with Crippen LogP contribution >= 0.6 is 0 Å². The van der Waals surface area contributed by atoms with Crippen LogP contribution in [0.15, 0.2) is 60.7 Å². The average molecular weight is 1330 g/mol. The molecule has 46 heteroatoms. The molecule has 85 heavy (non-hydrogen) atoms. The van der Waals surface area contributed by atoms with E-state index in [2.05, 4.69) is 16.7 Å².